The molecule has 0 saturated carbocycles. The molecule has 2 aliphatic heterocycles. The summed E-state index contributed by atoms with van der Waals surface area (Å²) in [6, 6.07) is 7.88. The van der Waals surface area contributed by atoms with E-state index in [-0.39, 0.29) is 36.6 Å². The first-order valence-corrected chi connectivity index (χ1v) is 15.9. The number of piperidine rings is 1. The number of hydrogen-bond donors (Lipinski definition) is 2. The highest BCUT2D eigenvalue weighted by atomic mass is 32.2. The fraction of sp³-hybridized carbons (Fsp3) is 0.517. The van der Waals surface area contributed by atoms with E-state index in [2.05, 4.69) is 45.1 Å². The topological polar surface area (TPSA) is 135 Å². The molecule has 0 bridgehead atoms. The molecule has 0 aliphatic carbocycles. The fourth-order valence-corrected chi connectivity index (χ4v) is 7.00. The minimum Gasteiger partial charge on any atom is -0.390 e. The predicted octanol–water partition coefficient (Wildman–Crippen LogP) is 3.93. The molecule has 4 atom stereocenters. The third kappa shape index (κ3) is 5.78. The Bertz CT molecular complexity index is 1620. The first-order chi connectivity index (χ1) is 19.3. The standard InChI is InChI=1S/C29H36FN7O3S/c1-17(2)21-10-19(12-31)27(37-14-20(18(37)3)15-41(5,39)40)23-13-33-26(11-22(21)23)34-25-6-8-32-28(35-25)36-9-7-24(38)29(4,30)16-36/h6,8,10-11,13,17-18,20,24,38H,7,9,14-16H2,1-5H3,(H,32,33,34,35)/t18-,20-,24-,29+/m1/s1. The van der Waals surface area contributed by atoms with Gasteiger partial charge in [0.05, 0.1) is 29.7 Å². The molecule has 12 heteroatoms. The molecule has 0 amide bonds. The van der Waals surface area contributed by atoms with Crippen molar-refractivity contribution in [2.24, 2.45) is 5.92 Å². The van der Waals surface area contributed by atoms with Gasteiger partial charge >= 0.3 is 0 Å². The van der Waals surface area contributed by atoms with E-state index in [1.54, 1.807) is 23.4 Å². The number of nitrogens with one attached hydrogen (secondary N) is 1. The zero-order valence-corrected chi connectivity index (χ0v) is 24.8. The second-order valence-corrected chi connectivity index (χ2v) is 14.0. The summed E-state index contributed by atoms with van der Waals surface area (Å²) in [5.41, 5.74) is 0.565. The highest BCUT2D eigenvalue weighted by molar-refractivity contribution is 7.90. The van der Waals surface area contributed by atoms with E-state index in [0.29, 0.717) is 36.2 Å². The van der Waals surface area contributed by atoms with Crippen molar-refractivity contribution in [2.75, 3.05) is 46.8 Å². The highest BCUT2D eigenvalue weighted by Gasteiger charge is 2.40. The number of nitrogens with zero attached hydrogens (tertiary/aromatic N) is 6. The third-order valence-electron chi connectivity index (χ3n) is 8.23. The van der Waals surface area contributed by atoms with Crippen molar-refractivity contribution in [3.05, 3.63) is 41.7 Å². The van der Waals surface area contributed by atoms with E-state index in [9.17, 15) is 23.2 Å². The van der Waals surface area contributed by atoms with Gasteiger partial charge in [0.25, 0.3) is 0 Å². The first-order valence-electron chi connectivity index (χ1n) is 13.8. The average Bonchev–Trinajstić information content (AvgIpc) is 2.91. The van der Waals surface area contributed by atoms with Crippen molar-refractivity contribution in [1.82, 2.24) is 15.0 Å². The average molecular weight is 582 g/mol. The maximum atomic E-state index is 14.8. The SMILES string of the molecule is CC(C)c1cc(C#N)c(N2C[C@H](CS(C)(=O)=O)[C@H]2C)c2cnc(Nc3ccnc(N4CC[C@@H](O)[C@@](C)(F)C4)n3)cc12. The number of halogens is 1. The van der Waals surface area contributed by atoms with Gasteiger partial charge in [0, 0.05) is 49.1 Å². The number of hydrogen-bond acceptors (Lipinski definition) is 10. The van der Waals surface area contributed by atoms with Gasteiger partial charge < -0.3 is 20.2 Å². The molecule has 0 radical (unpaired) electrons. The van der Waals surface area contributed by atoms with Crippen LogP contribution in [0.1, 0.15) is 51.2 Å². The molecule has 0 spiro atoms. The smallest absolute Gasteiger partial charge is 0.227 e. The molecule has 41 heavy (non-hydrogen) atoms. The number of sulfone groups is 1. The molecule has 1 aromatic carbocycles. The van der Waals surface area contributed by atoms with Crippen LogP contribution in [0, 0.1) is 17.2 Å². The van der Waals surface area contributed by atoms with Gasteiger partial charge in [0.1, 0.15) is 27.5 Å². The van der Waals surface area contributed by atoms with Crippen molar-refractivity contribution in [2.45, 2.75) is 57.8 Å². The van der Waals surface area contributed by atoms with Crippen LogP contribution < -0.4 is 15.1 Å². The summed E-state index contributed by atoms with van der Waals surface area (Å²) < 4.78 is 38.6. The summed E-state index contributed by atoms with van der Waals surface area (Å²) in [4.78, 5) is 17.4. The van der Waals surface area contributed by atoms with E-state index in [4.69, 9.17) is 0 Å². The van der Waals surface area contributed by atoms with E-state index in [1.807, 2.05) is 19.1 Å². The summed E-state index contributed by atoms with van der Waals surface area (Å²) in [5, 5.41) is 25.0. The lowest BCUT2D eigenvalue weighted by atomic mass is 9.87. The van der Waals surface area contributed by atoms with Crippen LogP contribution in [0.5, 0.6) is 0 Å². The monoisotopic (exact) mass is 581 g/mol. The normalized spacial score (nSPS) is 24.8. The Hall–Kier alpha value is -3.56. The second-order valence-electron chi connectivity index (χ2n) is 11.9. The number of fused-ring (bicyclic) bond motifs is 1. The van der Waals surface area contributed by atoms with Crippen molar-refractivity contribution < 1.29 is 17.9 Å². The Morgan fingerprint density at radius 2 is 2.02 bits per heavy atom. The van der Waals surface area contributed by atoms with Gasteiger partial charge in [0.15, 0.2) is 5.67 Å². The molecule has 3 aromatic rings. The minimum atomic E-state index is -3.11. The van der Waals surface area contributed by atoms with Gasteiger partial charge in [-0.05, 0) is 55.3 Å². The molecule has 2 saturated heterocycles. The second kappa shape index (κ2) is 10.7. The van der Waals surface area contributed by atoms with E-state index in [0.717, 1.165) is 22.0 Å². The van der Waals surface area contributed by atoms with Crippen LogP contribution in [0.2, 0.25) is 0 Å². The predicted molar refractivity (Wildman–Crippen MR) is 158 cm³/mol. The minimum absolute atomic E-state index is 0.00402. The molecular formula is C29H36FN7O3S. The lowest BCUT2D eigenvalue weighted by molar-refractivity contribution is -0.00860. The Balaban J connectivity index is 1.47. The fourth-order valence-electron chi connectivity index (χ4n) is 5.84. The van der Waals surface area contributed by atoms with Gasteiger partial charge in [-0.2, -0.15) is 10.2 Å². The van der Waals surface area contributed by atoms with E-state index in [1.165, 1.54) is 13.2 Å². The van der Waals surface area contributed by atoms with Crippen LogP contribution in [0.3, 0.4) is 0 Å². The molecule has 218 valence electrons. The van der Waals surface area contributed by atoms with Crippen molar-refractivity contribution in [1.29, 1.82) is 5.26 Å². The molecule has 0 unspecified atom stereocenters. The summed E-state index contributed by atoms with van der Waals surface area (Å²) in [6.45, 7) is 8.51. The van der Waals surface area contributed by atoms with Crippen LogP contribution in [-0.2, 0) is 9.84 Å². The van der Waals surface area contributed by atoms with Crippen LogP contribution in [0.4, 0.5) is 27.7 Å². The maximum Gasteiger partial charge on any atom is 0.227 e. The van der Waals surface area contributed by atoms with Crippen molar-refractivity contribution in [3.63, 3.8) is 0 Å². The Morgan fingerprint density at radius 1 is 1.27 bits per heavy atom. The van der Waals surface area contributed by atoms with Crippen molar-refractivity contribution >= 4 is 43.9 Å². The molecule has 2 aromatic heterocycles. The zero-order valence-electron chi connectivity index (χ0n) is 24.0. The number of aliphatic hydroxyl groups is 1. The molecule has 5 rings (SSSR count). The number of anilines is 4. The Morgan fingerprint density at radius 3 is 2.66 bits per heavy atom. The summed E-state index contributed by atoms with van der Waals surface area (Å²) >= 11 is 0. The quantitative estimate of drug-likeness (QED) is 0.422. The third-order valence-corrected chi connectivity index (χ3v) is 9.26. The lowest BCUT2D eigenvalue weighted by Gasteiger charge is -2.48. The lowest BCUT2D eigenvalue weighted by Crippen LogP contribution is -2.57. The number of alkyl halides is 1. The zero-order chi connectivity index (χ0) is 29.7. The highest BCUT2D eigenvalue weighted by Crippen LogP contribution is 2.42. The summed E-state index contributed by atoms with van der Waals surface area (Å²) in [7, 11) is -3.11. The summed E-state index contributed by atoms with van der Waals surface area (Å²) in [6.07, 6.45) is 3.87. The largest absolute Gasteiger partial charge is 0.390 e. The Kier molecular flexibility index (Phi) is 7.55. The van der Waals surface area contributed by atoms with Crippen molar-refractivity contribution in [3.8, 4) is 6.07 Å². The maximum absolute atomic E-state index is 14.8. The van der Waals surface area contributed by atoms with Crippen LogP contribution >= 0.6 is 0 Å². The Labute approximate surface area is 240 Å². The van der Waals surface area contributed by atoms with Gasteiger partial charge in [-0.15, -0.1) is 0 Å². The van der Waals surface area contributed by atoms with Gasteiger partial charge in [-0.1, -0.05) is 13.8 Å². The van der Waals surface area contributed by atoms with Crippen LogP contribution in [0.15, 0.2) is 30.6 Å². The van der Waals surface area contributed by atoms with E-state index < -0.39 is 21.6 Å². The van der Waals surface area contributed by atoms with Crippen LogP contribution in [0.25, 0.3) is 10.8 Å². The first kappa shape index (κ1) is 29.0. The molecule has 2 fully saturated rings. The molecule has 2 N–H and O–H groups in total. The number of benzene rings is 1. The molecule has 4 heterocycles. The van der Waals surface area contributed by atoms with Gasteiger partial charge in [0.2, 0.25) is 5.95 Å². The number of aliphatic hydroxyl groups excluding tert-OH is 1. The number of nitriles is 1. The van der Waals surface area contributed by atoms with E-state index >= 15 is 0 Å². The van der Waals surface area contributed by atoms with Crippen LogP contribution in [-0.4, -0.2) is 77.9 Å². The van der Waals surface area contributed by atoms with Gasteiger partial charge in [-0.3, -0.25) is 0 Å². The van der Waals surface area contributed by atoms with Gasteiger partial charge in [-0.25, -0.2) is 22.8 Å². The molecule has 2 aliphatic rings. The summed E-state index contributed by atoms with van der Waals surface area (Å²) in [5.74, 6) is 1.66. The molecular weight excluding hydrogens is 545 g/mol. The number of aromatic nitrogens is 3. The number of pyridine rings is 1. The number of rotatable bonds is 7. The molecule has 10 nitrogen and oxygen atoms in total.